The lowest BCUT2D eigenvalue weighted by atomic mass is 9.96. The van der Waals surface area contributed by atoms with Gasteiger partial charge in [0.1, 0.15) is 0 Å². The number of rotatable bonds is 1. The molecule has 1 saturated heterocycles. The zero-order valence-electron chi connectivity index (χ0n) is 9.69. The lowest BCUT2D eigenvalue weighted by Crippen LogP contribution is -2.30. The minimum Gasteiger partial charge on any atom is -0.338 e. The molecule has 88 valence electrons. The Morgan fingerprint density at radius 1 is 1.47 bits per heavy atom. The highest BCUT2D eigenvalue weighted by atomic mass is 35.5. The van der Waals surface area contributed by atoms with Crippen molar-refractivity contribution >= 4 is 18.3 Å². The number of nitrogens with two attached hydrogens (primary N) is 1. The zero-order valence-corrected chi connectivity index (χ0v) is 10.5. The van der Waals surface area contributed by atoms with Gasteiger partial charge in [-0.1, -0.05) is 26.8 Å². The van der Waals surface area contributed by atoms with Crippen LogP contribution in [0.5, 0.6) is 0 Å². The standard InChI is InChI=1S/C11H20N2O.ClH/c1-11(2,3)6-4-10(14)13-7-5-9(12)8-13;/h4,6,9H,5,7-8,12H2,1-3H3;1H/b6-4+;/t9-;/m0./s1. The first kappa shape index (κ1) is 14.5. The van der Waals surface area contributed by atoms with Gasteiger partial charge in [0.25, 0.3) is 0 Å². The van der Waals surface area contributed by atoms with Gasteiger partial charge in [0.05, 0.1) is 0 Å². The van der Waals surface area contributed by atoms with E-state index >= 15 is 0 Å². The summed E-state index contributed by atoms with van der Waals surface area (Å²) in [5.74, 6) is 0.0906. The number of halogens is 1. The van der Waals surface area contributed by atoms with Crippen LogP contribution in [-0.4, -0.2) is 29.9 Å². The van der Waals surface area contributed by atoms with E-state index in [1.807, 2.05) is 11.0 Å². The summed E-state index contributed by atoms with van der Waals surface area (Å²) >= 11 is 0. The molecule has 1 rings (SSSR count). The number of carbonyl (C=O) groups is 1. The van der Waals surface area contributed by atoms with Crippen molar-refractivity contribution in [3.05, 3.63) is 12.2 Å². The fourth-order valence-corrected chi connectivity index (χ4v) is 1.41. The van der Waals surface area contributed by atoms with Crippen LogP contribution in [0.15, 0.2) is 12.2 Å². The number of allylic oxidation sites excluding steroid dienone is 1. The van der Waals surface area contributed by atoms with Gasteiger partial charge in [-0.3, -0.25) is 4.79 Å². The molecule has 0 radical (unpaired) electrons. The fraction of sp³-hybridized carbons (Fsp3) is 0.727. The van der Waals surface area contributed by atoms with Crippen LogP contribution in [0.3, 0.4) is 0 Å². The number of likely N-dealkylation sites (tertiary alicyclic amines) is 1. The van der Waals surface area contributed by atoms with Crippen molar-refractivity contribution in [1.82, 2.24) is 4.90 Å². The predicted octanol–water partition coefficient (Wildman–Crippen LogP) is 1.57. The Balaban J connectivity index is 0.00000196. The lowest BCUT2D eigenvalue weighted by Gasteiger charge is -2.15. The van der Waals surface area contributed by atoms with E-state index in [0.29, 0.717) is 6.54 Å². The van der Waals surface area contributed by atoms with Crippen LogP contribution >= 0.6 is 12.4 Å². The summed E-state index contributed by atoms with van der Waals surface area (Å²) in [6.07, 6.45) is 4.53. The summed E-state index contributed by atoms with van der Waals surface area (Å²) in [7, 11) is 0. The molecule has 2 N–H and O–H groups in total. The molecule has 0 saturated carbocycles. The highest BCUT2D eigenvalue weighted by molar-refractivity contribution is 5.87. The summed E-state index contributed by atoms with van der Waals surface area (Å²) in [4.78, 5) is 13.4. The Bertz CT molecular complexity index is 245. The molecule has 1 aliphatic rings. The van der Waals surface area contributed by atoms with Crippen LogP contribution in [0.25, 0.3) is 0 Å². The van der Waals surface area contributed by atoms with Gasteiger partial charge in [0.2, 0.25) is 5.91 Å². The number of hydrogen-bond donors (Lipinski definition) is 1. The summed E-state index contributed by atoms with van der Waals surface area (Å²) in [6.45, 7) is 7.73. The van der Waals surface area contributed by atoms with Crippen molar-refractivity contribution < 1.29 is 4.79 Å². The largest absolute Gasteiger partial charge is 0.338 e. The van der Waals surface area contributed by atoms with Crippen LogP contribution < -0.4 is 5.73 Å². The number of nitrogens with zero attached hydrogens (tertiary/aromatic N) is 1. The molecule has 0 aromatic carbocycles. The third-order valence-corrected chi connectivity index (χ3v) is 2.26. The van der Waals surface area contributed by atoms with E-state index in [1.165, 1.54) is 0 Å². The smallest absolute Gasteiger partial charge is 0.246 e. The Labute approximate surface area is 98.1 Å². The van der Waals surface area contributed by atoms with Gasteiger partial charge < -0.3 is 10.6 Å². The van der Waals surface area contributed by atoms with E-state index in [2.05, 4.69) is 20.8 Å². The Kier molecular flexibility index (Phi) is 5.32. The van der Waals surface area contributed by atoms with E-state index in [-0.39, 0.29) is 29.8 Å². The van der Waals surface area contributed by atoms with Crippen LogP contribution in [-0.2, 0) is 4.79 Å². The predicted molar refractivity (Wildman–Crippen MR) is 65.0 cm³/mol. The number of amides is 1. The monoisotopic (exact) mass is 232 g/mol. The van der Waals surface area contributed by atoms with E-state index < -0.39 is 0 Å². The Morgan fingerprint density at radius 3 is 2.47 bits per heavy atom. The molecule has 0 spiro atoms. The third kappa shape index (κ3) is 5.19. The van der Waals surface area contributed by atoms with E-state index in [1.54, 1.807) is 6.08 Å². The summed E-state index contributed by atoms with van der Waals surface area (Å²) in [5.41, 5.74) is 5.79. The molecule has 0 aliphatic carbocycles. The molecule has 0 aromatic rings. The normalized spacial score (nSPS) is 21.9. The average molecular weight is 233 g/mol. The second-order valence-electron chi connectivity index (χ2n) is 5.03. The quantitative estimate of drug-likeness (QED) is 0.698. The molecule has 1 atom stereocenters. The minimum absolute atomic E-state index is 0. The molecule has 4 heteroatoms. The molecule has 1 heterocycles. The SMILES string of the molecule is CC(C)(C)/C=C/C(=O)N1CC[C@H](N)C1.Cl. The first-order valence-electron chi connectivity index (χ1n) is 5.12. The molecule has 1 amide bonds. The first-order chi connectivity index (χ1) is 6.38. The maximum atomic E-state index is 11.6. The Hall–Kier alpha value is -0.540. The van der Waals surface area contributed by atoms with E-state index in [4.69, 9.17) is 5.73 Å². The molecule has 0 bridgehead atoms. The minimum atomic E-state index is 0. The van der Waals surface area contributed by atoms with Crippen molar-refractivity contribution in [2.45, 2.75) is 33.2 Å². The van der Waals surface area contributed by atoms with Crippen LogP contribution in [0.4, 0.5) is 0 Å². The molecule has 1 aliphatic heterocycles. The molecule has 3 nitrogen and oxygen atoms in total. The van der Waals surface area contributed by atoms with Gasteiger partial charge in [0, 0.05) is 19.1 Å². The topological polar surface area (TPSA) is 46.3 Å². The van der Waals surface area contributed by atoms with Gasteiger partial charge in [0.15, 0.2) is 0 Å². The maximum absolute atomic E-state index is 11.6. The fourth-order valence-electron chi connectivity index (χ4n) is 1.41. The molecular weight excluding hydrogens is 212 g/mol. The van der Waals surface area contributed by atoms with Gasteiger partial charge in [-0.15, -0.1) is 12.4 Å². The molecule has 15 heavy (non-hydrogen) atoms. The number of carbonyl (C=O) groups excluding carboxylic acids is 1. The summed E-state index contributed by atoms with van der Waals surface area (Å²) < 4.78 is 0. The van der Waals surface area contributed by atoms with Crippen LogP contribution in [0, 0.1) is 5.41 Å². The molecule has 0 unspecified atom stereocenters. The lowest BCUT2D eigenvalue weighted by molar-refractivity contribution is -0.125. The molecular formula is C11H21ClN2O. The summed E-state index contributed by atoms with van der Waals surface area (Å²) in [6, 6.07) is 0.169. The average Bonchev–Trinajstić information content (AvgIpc) is 2.46. The first-order valence-corrected chi connectivity index (χ1v) is 5.12. The maximum Gasteiger partial charge on any atom is 0.246 e. The van der Waals surface area contributed by atoms with Gasteiger partial charge in [-0.2, -0.15) is 0 Å². The van der Waals surface area contributed by atoms with Crippen molar-refractivity contribution in [3.8, 4) is 0 Å². The Morgan fingerprint density at radius 2 is 2.07 bits per heavy atom. The number of hydrogen-bond acceptors (Lipinski definition) is 2. The second kappa shape index (κ2) is 5.52. The van der Waals surface area contributed by atoms with E-state index in [9.17, 15) is 4.79 Å². The van der Waals surface area contributed by atoms with Crippen LogP contribution in [0.2, 0.25) is 0 Å². The highest BCUT2D eigenvalue weighted by Crippen LogP contribution is 2.15. The second-order valence-corrected chi connectivity index (χ2v) is 5.03. The zero-order chi connectivity index (χ0) is 10.8. The van der Waals surface area contributed by atoms with Crippen LogP contribution in [0.1, 0.15) is 27.2 Å². The summed E-state index contributed by atoms with van der Waals surface area (Å²) in [5, 5.41) is 0. The third-order valence-electron chi connectivity index (χ3n) is 2.26. The van der Waals surface area contributed by atoms with Crippen molar-refractivity contribution in [3.63, 3.8) is 0 Å². The van der Waals surface area contributed by atoms with Gasteiger partial charge in [-0.25, -0.2) is 0 Å². The van der Waals surface area contributed by atoms with Gasteiger partial charge in [-0.05, 0) is 17.9 Å². The highest BCUT2D eigenvalue weighted by Gasteiger charge is 2.22. The van der Waals surface area contributed by atoms with Crippen molar-refractivity contribution in [2.24, 2.45) is 11.1 Å². The van der Waals surface area contributed by atoms with E-state index in [0.717, 1.165) is 13.0 Å². The molecule has 0 aromatic heterocycles. The van der Waals surface area contributed by atoms with Gasteiger partial charge >= 0.3 is 0 Å². The van der Waals surface area contributed by atoms with Crippen molar-refractivity contribution in [2.75, 3.05) is 13.1 Å². The van der Waals surface area contributed by atoms with Crippen molar-refractivity contribution in [1.29, 1.82) is 0 Å². The molecule has 1 fully saturated rings.